The van der Waals surface area contributed by atoms with Crippen molar-refractivity contribution in [1.82, 2.24) is 14.4 Å². The third-order valence-electron chi connectivity index (χ3n) is 2.70. The Morgan fingerprint density at radius 2 is 2.35 bits per heavy atom. The van der Waals surface area contributed by atoms with Gasteiger partial charge in [-0.05, 0) is 19.4 Å². The Labute approximate surface area is 115 Å². The number of imidazole rings is 1. The third-order valence-corrected chi connectivity index (χ3v) is 4.24. The van der Waals surface area contributed by atoms with Crippen molar-refractivity contribution in [2.24, 2.45) is 5.50 Å². The van der Waals surface area contributed by atoms with Crippen molar-refractivity contribution in [3.63, 3.8) is 0 Å². The Morgan fingerprint density at radius 1 is 1.60 bits per heavy atom. The molecule has 2 aromatic rings. The zero-order valence-electron chi connectivity index (χ0n) is 10.9. The number of fused-ring (bicyclic) bond motifs is 1. The molecule has 2 heterocycles. The average molecular weight is 298 g/mol. The standard InChI is InChI=1S/C11H15N4O4P/c1-2-19-20(12,18)6-4-8-3-5-13-11-14-9(10(16)17)7-15(8)11/h3,5,7H,2,4,6H2,1H3,(H2,12,18)(H,16,17). The zero-order chi connectivity index (χ0) is 14.8. The van der Waals surface area contributed by atoms with Crippen LogP contribution < -0.4 is 5.50 Å². The Bertz CT molecular complexity index is 684. The number of hydrogen-bond acceptors (Lipinski definition) is 5. The molecule has 1 unspecified atom stereocenters. The van der Waals surface area contributed by atoms with Crippen molar-refractivity contribution < 1.29 is 19.0 Å². The van der Waals surface area contributed by atoms with E-state index in [1.54, 1.807) is 17.4 Å². The van der Waals surface area contributed by atoms with Gasteiger partial charge in [0.15, 0.2) is 5.69 Å². The highest BCUT2D eigenvalue weighted by Gasteiger charge is 2.18. The predicted molar refractivity (Wildman–Crippen MR) is 71.9 cm³/mol. The first-order valence-electron chi connectivity index (χ1n) is 6.01. The fourth-order valence-corrected chi connectivity index (χ4v) is 2.91. The molecular weight excluding hydrogens is 283 g/mol. The van der Waals surface area contributed by atoms with Crippen LogP contribution in [0.4, 0.5) is 0 Å². The SMILES string of the molecule is CCOP(N)(=O)CCc1ccnc2nc(C(=O)O)cn12. The fourth-order valence-electron chi connectivity index (χ4n) is 1.80. The number of aromatic nitrogens is 3. The van der Waals surface area contributed by atoms with Gasteiger partial charge in [0.2, 0.25) is 5.78 Å². The quantitative estimate of drug-likeness (QED) is 0.768. The minimum atomic E-state index is -3.12. The molecule has 0 aliphatic rings. The molecular formula is C11H15N4O4P. The second-order valence-electron chi connectivity index (χ2n) is 4.15. The molecule has 0 saturated heterocycles. The number of nitrogens with two attached hydrogens (primary N) is 1. The monoisotopic (exact) mass is 298 g/mol. The van der Waals surface area contributed by atoms with E-state index in [0.717, 1.165) is 5.69 Å². The number of aromatic carboxylic acids is 1. The van der Waals surface area contributed by atoms with Gasteiger partial charge in [-0.25, -0.2) is 14.8 Å². The fraction of sp³-hybridized carbons (Fsp3) is 0.364. The first-order chi connectivity index (χ1) is 9.43. The molecule has 1 atom stereocenters. The van der Waals surface area contributed by atoms with Gasteiger partial charge in [-0.3, -0.25) is 14.5 Å². The zero-order valence-corrected chi connectivity index (χ0v) is 11.8. The van der Waals surface area contributed by atoms with E-state index in [1.165, 1.54) is 12.4 Å². The van der Waals surface area contributed by atoms with Gasteiger partial charge in [-0.1, -0.05) is 0 Å². The molecule has 2 aromatic heterocycles. The smallest absolute Gasteiger partial charge is 0.356 e. The van der Waals surface area contributed by atoms with Gasteiger partial charge in [-0.2, -0.15) is 0 Å². The van der Waals surface area contributed by atoms with Crippen molar-refractivity contribution in [1.29, 1.82) is 0 Å². The van der Waals surface area contributed by atoms with E-state index in [-0.39, 0.29) is 24.2 Å². The minimum Gasteiger partial charge on any atom is -0.476 e. The van der Waals surface area contributed by atoms with Crippen LogP contribution >= 0.6 is 7.52 Å². The van der Waals surface area contributed by atoms with E-state index in [1.807, 2.05) is 0 Å². The number of hydrogen-bond donors (Lipinski definition) is 2. The number of carbonyl (C=O) groups is 1. The summed E-state index contributed by atoms with van der Waals surface area (Å²) in [5.41, 5.74) is 6.20. The lowest BCUT2D eigenvalue weighted by molar-refractivity contribution is 0.0691. The Hall–Kier alpha value is -1.76. The molecule has 0 spiro atoms. The highest BCUT2D eigenvalue weighted by atomic mass is 31.2. The number of carboxylic acids is 1. The van der Waals surface area contributed by atoms with Crippen LogP contribution in [0.15, 0.2) is 18.5 Å². The van der Waals surface area contributed by atoms with Crippen LogP contribution in [-0.4, -0.2) is 38.2 Å². The molecule has 20 heavy (non-hydrogen) atoms. The van der Waals surface area contributed by atoms with Crippen LogP contribution in [0.3, 0.4) is 0 Å². The second kappa shape index (κ2) is 5.70. The number of carboxylic acid groups (broad SMARTS) is 1. The van der Waals surface area contributed by atoms with Gasteiger partial charge in [0.1, 0.15) is 0 Å². The molecule has 0 saturated carbocycles. The molecule has 2 rings (SSSR count). The largest absolute Gasteiger partial charge is 0.476 e. The lowest BCUT2D eigenvalue weighted by Gasteiger charge is -2.12. The van der Waals surface area contributed by atoms with E-state index in [0.29, 0.717) is 6.42 Å². The number of rotatable bonds is 6. The van der Waals surface area contributed by atoms with Crippen molar-refractivity contribution >= 4 is 19.3 Å². The molecule has 0 aliphatic carbocycles. The maximum absolute atomic E-state index is 11.9. The van der Waals surface area contributed by atoms with Gasteiger partial charge in [0, 0.05) is 24.2 Å². The summed E-state index contributed by atoms with van der Waals surface area (Å²) in [6.45, 7) is 2.01. The van der Waals surface area contributed by atoms with Crippen molar-refractivity contribution in [2.45, 2.75) is 13.3 Å². The van der Waals surface area contributed by atoms with Crippen LogP contribution in [0.25, 0.3) is 5.78 Å². The summed E-state index contributed by atoms with van der Waals surface area (Å²) in [4.78, 5) is 18.8. The van der Waals surface area contributed by atoms with E-state index in [4.69, 9.17) is 15.1 Å². The summed E-state index contributed by atoms with van der Waals surface area (Å²) in [7, 11) is -3.12. The molecule has 0 aromatic carbocycles. The lowest BCUT2D eigenvalue weighted by Crippen LogP contribution is -2.08. The summed E-state index contributed by atoms with van der Waals surface area (Å²) in [6, 6.07) is 1.70. The van der Waals surface area contributed by atoms with Crippen LogP contribution in [0.5, 0.6) is 0 Å². The molecule has 0 fully saturated rings. The van der Waals surface area contributed by atoms with Crippen molar-refractivity contribution in [2.75, 3.05) is 12.8 Å². The summed E-state index contributed by atoms with van der Waals surface area (Å²) in [5.74, 6) is -0.844. The normalized spacial score (nSPS) is 14.3. The van der Waals surface area contributed by atoms with E-state index in [2.05, 4.69) is 9.97 Å². The van der Waals surface area contributed by atoms with Crippen molar-refractivity contribution in [3.05, 3.63) is 29.8 Å². The molecule has 0 bridgehead atoms. The van der Waals surface area contributed by atoms with Gasteiger partial charge >= 0.3 is 5.97 Å². The molecule has 8 nitrogen and oxygen atoms in total. The molecule has 0 aliphatic heterocycles. The summed E-state index contributed by atoms with van der Waals surface area (Å²) in [6.07, 6.45) is 3.44. The molecule has 0 amide bonds. The maximum Gasteiger partial charge on any atom is 0.356 e. The van der Waals surface area contributed by atoms with Crippen LogP contribution in [0, 0.1) is 0 Å². The summed E-state index contributed by atoms with van der Waals surface area (Å²) in [5, 5.41) is 8.92. The Balaban J connectivity index is 2.26. The maximum atomic E-state index is 11.9. The number of nitrogens with zero attached hydrogens (tertiary/aromatic N) is 3. The van der Waals surface area contributed by atoms with Gasteiger partial charge < -0.3 is 9.63 Å². The van der Waals surface area contributed by atoms with Crippen molar-refractivity contribution in [3.8, 4) is 0 Å². The van der Waals surface area contributed by atoms with Gasteiger partial charge in [0.25, 0.3) is 7.52 Å². The topological polar surface area (TPSA) is 120 Å². The first-order valence-corrected chi connectivity index (χ1v) is 7.89. The predicted octanol–water partition coefficient (Wildman–Crippen LogP) is 1.16. The van der Waals surface area contributed by atoms with Crippen LogP contribution in [-0.2, 0) is 15.5 Å². The van der Waals surface area contributed by atoms with Crippen LogP contribution in [0.1, 0.15) is 23.1 Å². The third kappa shape index (κ3) is 3.22. The van der Waals surface area contributed by atoms with Crippen LogP contribution in [0.2, 0.25) is 0 Å². The second-order valence-corrected chi connectivity index (χ2v) is 6.31. The summed E-state index contributed by atoms with van der Waals surface area (Å²) >= 11 is 0. The molecule has 3 N–H and O–H groups in total. The lowest BCUT2D eigenvalue weighted by atomic mass is 10.3. The summed E-state index contributed by atoms with van der Waals surface area (Å²) < 4.78 is 18.4. The molecule has 9 heteroatoms. The number of aryl methyl sites for hydroxylation is 1. The Morgan fingerprint density at radius 3 is 3.00 bits per heavy atom. The highest BCUT2D eigenvalue weighted by molar-refractivity contribution is 7.56. The molecule has 108 valence electrons. The minimum absolute atomic E-state index is 0.0920. The van der Waals surface area contributed by atoms with E-state index < -0.39 is 13.5 Å². The molecule has 0 radical (unpaired) electrons. The first kappa shape index (κ1) is 14.6. The highest BCUT2D eigenvalue weighted by Crippen LogP contribution is 2.37. The van der Waals surface area contributed by atoms with E-state index >= 15 is 0 Å². The van der Waals surface area contributed by atoms with Gasteiger partial charge in [0.05, 0.1) is 6.61 Å². The van der Waals surface area contributed by atoms with Gasteiger partial charge in [-0.15, -0.1) is 0 Å². The van der Waals surface area contributed by atoms with E-state index in [9.17, 15) is 9.36 Å². The Kier molecular flexibility index (Phi) is 4.17. The average Bonchev–Trinajstić information content (AvgIpc) is 2.80.